The summed E-state index contributed by atoms with van der Waals surface area (Å²) in [5, 5.41) is 6.87. The molecule has 106 valence electrons. The smallest absolute Gasteiger partial charge is 0.266 e. The largest absolute Gasteiger partial charge is 0.321 e. The fourth-order valence-electron chi connectivity index (χ4n) is 2.70. The number of thiophene rings is 1. The lowest BCUT2D eigenvalue weighted by molar-refractivity contribution is 1.36. The number of nitrogens with one attached hydrogen (secondary N) is 1. The molecule has 4 nitrogen and oxygen atoms in total. The van der Waals surface area contributed by atoms with Gasteiger partial charge in [-0.3, -0.25) is 4.79 Å². The van der Waals surface area contributed by atoms with Gasteiger partial charge < -0.3 is 4.98 Å². The van der Waals surface area contributed by atoms with Crippen molar-refractivity contribution in [3.05, 3.63) is 69.2 Å². The molecule has 0 atom stereocenters. The van der Waals surface area contributed by atoms with E-state index in [9.17, 15) is 9.70 Å². The third-order valence-electron chi connectivity index (χ3n) is 3.73. The third kappa shape index (κ3) is 1.87. The summed E-state index contributed by atoms with van der Waals surface area (Å²) in [6.45, 7) is 0. The van der Waals surface area contributed by atoms with Gasteiger partial charge in [-0.1, -0.05) is 30.3 Å². The minimum atomic E-state index is -0.0730. The topological polar surface area (TPSA) is 62.3 Å². The van der Waals surface area contributed by atoms with Gasteiger partial charge >= 0.3 is 0 Å². The summed E-state index contributed by atoms with van der Waals surface area (Å²) >= 11 is 1.43. The van der Waals surface area contributed by atoms with Gasteiger partial charge in [0, 0.05) is 27.2 Å². The number of fused-ring (bicyclic) bond motifs is 3. The molecule has 0 saturated carbocycles. The molecule has 0 amide bonds. The van der Waals surface area contributed by atoms with Gasteiger partial charge in [-0.25, -0.2) is 0 Å². The zero-order chi connectivity index (χ0) is 15.1. The second-order valence-corrected chi connectivity index (χ2v) is 5.87. The summed E-state index contributed by atoms with van der Waals surface area (Å²) in [7, 11) is 0. The van der Waals surface area contributed by atoms with E-state index in [4.69, 9.17) is 0 Å². The van der Waals surface area contributed by atoms with E-state index < -0.39 is 0 Å². The molecule has 0 aliphatic carbocycles. The molecule has 22 heavy (non-hydrogen) atoms. The van der Waals surface area contributed by atoms with Crippen LogP contribution in [0.2, 0.25) is 0 Å². The summed E-state index contributed by atoms with van der Waals surface area (Å²) in [6, 6.07) is 14.8. The lowest BCUT2D eigenvalue weighted by Gasteiger charge is -2.04. The van der Waals surface area contributed by atoms with Crippen molar-refractivity contribution in [2.45, 2.75) is 0 Å². The fourth-order valence-corrected chi connectivity index (χ4v) is 3.68. The number of hydrogen-bond acceptors (Lipinski definition) is 4. The van der Waals surface area contributed by atoms with Gasteiger partial charge in [0.1, 0.15) is 10.4 Å². The molecule has 0 bridgehead atoms. The Labute approximate surface area is 129 Å². The second kappa shape index (κ2) is 4.89. The quantitative estimate of drug-likeness (QED) is 0.540. The van der Waals surface area contributed by atoms with Crippen molar-refractivity contribution in [2.75, 3.05) is 0 Å². The first-order valence-corrected chi connectivity index (χ1v) is 7.62. The van der Waals surface area contributed by atoms with Gasteiger partial charge in [0.15, 0.2) is 0 Å². The Morgan fingerprint density at radius 2 is 1.77 bits per heavy atom. The maximum absolute atomic E-state index is 12.2. The van der Waals surface area contributed by atoms with E-state index in [-0.39, 0.29) is 5.56 Å². The van der Waals surface area contributed by atoms with Crippen LogP contribution in [0.15, 0.2) is 63.9 Å². The monoisotopic (exact) mass is 306 g/mol. The number of nitrogens with zero attached hydrogens (tertiary/aromatic N) is 1. The normalized spacial score (nSPS) is 11.1. The number of nitroso groups, excluding NO2 is 1. The number of aromatic amines is 1. The van der Waals surface area contributed by atoms with Crippen LogP contribution in [0.1, 0.15) is 0 Å². The number of rotatable bonds is 2. The SMILES string of the molecule is O=Nc1ccc(-c2csc3c(=O)[nH]c4ccccc4c23)cc1. The Bertz CT molecular complexity index is 1060. The van der Waals surface area contributed by atoms with Gasteiger partial charge in [0.25, 0.3) is 5.56 Å². The Kier molecular flexibility index (Phi) is 2.87. The van der Waals surface area contributed by atoms with Crippen molar-refractivity contribution in [3.8, 4) is 11.1 Å². The summed E-state index contributed by atoms with van der Waals surface area (Å²) in [6.07, 6.45) is 0. The van der Waals surface area contributed by atoms with Crippen LogP contribution in [0, 0.1) is 4.91 Å². The Balaban J connectivity index is 2.09. The molecule has 4 rings (SSSR count). The molecule has 0 saturated heterocycles. The lowest BCUT2D eigenvalue weighted by atomic mass is 10.0. The molecule has 1 N–H and O–H groups in total. The number of benzene rings is 2. The zero-order valence-corrected chi connectivity index (χ0v) is 12.2. The Hall–Kier alpha value is -2.79. The molecule has 0 aliphatic rings. The first-order valence-electron chi connectivity index (χ1n) is 6.74. The average Bonchev–Trinajstić information content (AvgIpc) is 3.01. The molecule has 0 spiro atoms. The molecular formula is C17H10N2O2S. The first-order chi connectivity index (χ1) is 10.8. The van der Waals surface area contributed by atoms with Crippen LogP contribution in [0.3, 0.4) is 0 Å². The Morgan fingerprint density at radius 1 is 1.00 bits per heavy atom. The number of H-pyrrole nitrogens is 1. The number of aromatic nitrogens is 1. The first kappa shape index (κ1) is 12.9. The Morgan fingerprint density at radius 3 is 2.55 bits per heavy atom. The van der Waals surface area contributed by atoms with Gasteiger partial charge in [-0.05, 0) is 28.9 Å². The molecule has 0 radical (unpaired) electrons. The van der Waals surface area contributed by atoms with Crippen molar-refractivity contribution >= 4 is 38.0 Å². The summed E-state index contributed by atoms with van der Waals surface area (Å²) in [4.78, 5) is 25.7. The van der Waals surface area contributed by atoms with E-state index in [0.29, 0.717) is 10.4 Å². The molecule has 0 fully saturated rings. The maximum atomic E-state index is 12.2. The molecule has 0 aliphatic heterocycles. The predicted molar refractivity (Wildman–Crippen MR) is 90.8 cm³/mol. The van der Waals surface area contributed by atoms with E-state index in [2.05, 4.69) is 10.2 Å². The van der Waals surface area contributed by atoms with Crippen LogP contribution in [-0.2, 0) is 0 Å². The van der Waals surface area contributed by atoms with E-state index in [1.807, 2.05) is 41.8 Å². The fraction of sp³-hybridized carbons (Fsp3) is 0. The van der Waals surface area contributed by atoms with Crippen LogP contribution < -0.4 is 5.56 Å². The van der Waals surface area contributed by atoms with E-state index in [0.717, 1.165) is 27.4 Å². The molecule has 4 aromatic rings. The van der Waals surface area contributed by atoms with Crippen LogP contribution in [0.4, 0.5) is 5.69 Å². The second-order valence-electron chi connectivity index (χ2n) is 4.99. The number of para-hydroxylation sites is 1. The van der Waals surface area contributed by atoms with E-state index in [1.54, 1.807) is 12.1 Å². The molecular weight excluding hydrogens is 296 g/mol. The molecule has 0 unspecified atom stereocenters. The van der Waals surface area contributed by atoms with Crippen molar-refractivity contribution in [2.24, 2.45) is 5.18 Å². The highest BCUT2D eigenvalue weighted by Gasteiger charge is 2.13. The van der Waals surface area contributed by atoms with Gasteiger partial charge in [-0.15, -0.1) is 16.2 Å². The third-order valence-corrected chi connectivity index (χ3v) is 4.70. The van der Waals surface area contributed by atoms with Gasteiger partial charge in [0.05, 0.1) is 0 Å². The minimum absolute atomic E-state index is 0.0730. The van der Waals surface area contributed by atoms with Crippen LogP contribution in [-0.4, -0.2) is 4.98 Å². The molecule has 2 aromatic carbocycles. The standard InChI is InChI=1S/C17H10N2O2S/c20-17-16-15(12-3-1-2-4-14(12)18-17)13(9-22-16)10-5-7-11(19-21)8-6-10/h1-9H,(H,18,20). The highest BCUT2D eigenvalue weighted by molar-refractivity contribution is 7.17. The molecule has 5 heteroatoms. The van der Waals surface area contributed by atoms with Crippen LogP contribution >= 0.6 is 11.3 Å². The van der Waals surface area contributed by atoms with Gasteiger partial charge in [0.2, 0.25) is 0 Å². The van der Waals surface area contributed by atoms with Crippen molar-refractivity contribution in [3.63, 3.8) is 0 Å². The molecule has 2 aromatic heterocycles. The summed E-state index contributed by atoms with van der Waals surface area (Å²) in [5.41, 5.74) is 3.11. The van der Waals surface area contributed by atoms with Crippen molar-refractivity contribution < 1.29 is 0 Å². The lowest BCUT2D eigenvalue weighted by Crippen LogP contribution is -2.04. The average molecular weight is 306 g/mol. The highest BCUT2D eigenvalue weighted by Crippen LogP contribution is 2.36. The van der Waals surface area contributed by atoms with Crippen molar-refractivity contribution in [1.82, 2.24) is 4.98 Å². The zero-order valence-electron chi connectivity index (χ0n) is 11.4. The summed E-state index contributed by atoms with van der Waals surface area (Å²) in [5.74, 6) is 0. The maximum Gasteiger partial charge on any atom is 0.266 e. The highest BCUT2D eigenvalue weighted by atomic mass is 32.1. The van der Waals surface area contributed by atoms with E-state index in [1.165, 1.54) is 11.3 Å². The minimum Gasteiger partial charge on any atom is -0.321 e. The predicted octanol–water partition coefficient (Wildman–Crippen LogP) is 4.81. The molecule has 2 heterocycles. The van der Waals surface area contributed by atoms with Crippen LogP contribution in [0.5, 0.6) is 0 Å². The van der Waals surface area contributed by atoms with Gasteiger partial charge in [-0.2, -0.15) is 0 Å². The number of hydrogen-bond donors (Lipinski definition) is 1. The van der Waals surface area contributed by atoms with Crippen LogP contribution in [0.25, 0.3) is 32.1 Å². The van der Waals surface area contributed by atoms with E-state index >= 15 is 0 Å². The van der Waals surface area contributed by atoms with Crippen molar-refractivity contribution in [1.29, 1.82) is 0 Å². The number of pyridine rings is 1. The summed E-state index contributed by atoms with van der Waals surface area (Å²) < 4.78 is 0.714.